The first-order valence-corrected chi connectivity index (χ1v) is 11.3. The zero-order valence-electron chi connectivity index (χ0n) is 19.2. The number of likely N-dealkylation sites (N-methyl/N-ethyl adjacent to an activating group) is 1. The summed E-state index contributed by atoms with van der Waals surface area (Å²) in [5.74, 6) is -0.441. The van der Waals surface area contributed by atoms with E-state index in [-0.39, 0.29) is 24.3 Å². The lowest BCUT2D eigenvalue weighted by atomic mass is 9.78. The van der Waals surface area contributed by atoms with Crippen LogP contribution in [0.15, 0.2) is 66.7 Å². The third-order valence-corrected chi connectivity index (χ3v) is 6.91. The largest absolute Gasteiger partial charge is 0.496 e. The molecule has 1 atom stereocenters. The van der Waals surface area contributed by atoms with Crippen LogP contribution in [-0.4, -0.2) is 25.5 Å². The standard InChI is InChI=1S/C27H23F3N2O3/c1-3-31-21-13-12-17(27(28,29)30)16-22(21)32(18-8-5-4-6-9-18)25(34)26(24(31)33)15-14-19-20(26)10-7-11-23(19)35-2/h4-13,16H,3,14-15H2,1-2H3. The molecule has 0 aromatic heterocycles. The Bertz CT molecular complexity index is 1320. The fourth-order valence-corrected chi connectivity index (χ4v) is 5.29. The summed E-state index contributed by atoms with van der Waals surface area (Å²) in [6.07, 6.45) is -3.99. The average Bonchev–Trinajstić information content (AvgIpc) is 3.23. The SMILES string of the molecule is CCN1C(=O)C2(CCc3c(OC)cccc32)C(=O)N(c2ccccc2)c2cc(C(F)(F)F)ccc21. The van der Waals surface area contributed by atoms with Gasteiger partial charge >= 0.3 is 6.18 Å². The molecule has 3 aromatic rings. The summed E-state index contributed by atoms with van der Waals surface area (Å²) in [5, 5.41) is 0. The normalized spacial score (nSPS) is 19.6. The van der Waals surface area contributed by atoms with Gasteiger partial charge in [-0.1, -0.05) is 30.3 Å². The highest BCUT2D eigenvalue weighted by molar-refractivity contribution is 6.27. The van der Waals surface area contributed by atoms with Crippen LogP contribution in [0.3, 0.4) is 0 Å². The molecule has 1 aliphatic heterocycles. The lowest BCUT2D eigenvalue weighted by molar-refractivity contribution is -0.138. The molecular weight excluding hydrogens is 457 g/mol. The molecule has 0 saturated heterocycles. The number of anilines is 3. The van der Waals surface area contributed by atoms with E-state index >= 15 is 0 Å². The number of carbonyl (C=O) groups excluding carboxylic acids is 2. The van der Waals surface area contributed by atoms with Gasteiger partial charge < -0.3 is 9.64 Å². The Hall–Kier alpha value is -3.81. The van der Waals surface area contributed by atoms with Crippen molar-refractivity contribution in [3.05, 3.63) is 83.4 Å². The number of ether oxygens (including phenoxy) is 1. The lowest BCUT2D eigenvalue weighted by Crippen LogP contribution is -2.53. The number of fused-ring (bicyclic) bond motifs is 3. The van der Waals surface area contributed by atoms with E-state index in [1.807, 2.05) is 0 Å². The highest BCUT2D eigenvalue weighted by Gasteiger charge is 2.58. The molecule has 0 fully saturated rings. The van der Waals surface area contributed by atoms with Crippen LogP contribution in [0.25, 0.3) is 0 Å². The minimum atomic E-state index is -4.61. The van der Waals surface area contributed by atoms with Crippen molar-refractivity contribution >= 4 is 28.9 Å². The van der Waals surface area contributed by atoms with Gasteiger partial charge in [-0.3, -0.25) is 14.5 Å². The number of halogens is 3. The quantitative estimate of drug-likeness (QED) is 0.457. The van der Waals surface area contributed by atoms with Crippen LogP contribution < -0.4 is 14.5 Å². The summed E-state index contributed by atoms with van der Waals surface area (Å²) >= 11 is 0. The van der Waals surface area contributed by atoms with Gasteiger partial charge in [-0.05, 0) is 67.3 Å². The smallest absolute Gasteiger partial charge is 0.416 e. The van der Waals surface area contributed by atoms with E-state index in [0.717, 1.165) is 17.7 Å². The molecule has 5 nitrogen and oxygen atoms in total. The van der Waals surface area contributed by atoms with Crippen molar-refractivity contribution < 1.29 is 27.5 Å². The minimum Gasteiger partial charge on any atom is -0.496 e. The Morgan fingerprint density at radius 3 is 2.34 bits per heavy atom. The number of carbonyl (C=O) groups is 2. The van der Waals surface area contributed by atoms with Crippen LogP contribution in [0, 0.1) is 0 Å². The second-order valence-electron chi connectivity index (χ2n) is 8.62. The van der Waals surface area contributed by atoms with Crippen molar-refractivity contribution in [2.24, 2.45) is 0 Å². The summed E-state index contributed by atoms with van der Waals surface area (Å²) in [4.78, 5) is 31.4. The van der Waals surface area contributed by atoms with E-state index in [0.29, 0.717) is 23.4 Å². The molecule has 3 aromatic carbocycles. The maximum absolute atomic E-state index is 14.5. The Kier molecular flexibility index (Phi) is 5.34. The second kappa shape index (κ2) is 8.15. The molecule has 180 valence electrons. The van der Waals surface area contributed by atoms with Crippen molar-refractivity contribution in [2.45, 2.75) is 31.4 Å². The van der Waals surface area contributed by atoms with E-state index in [9.17, 15) is 22.8 Å². The molecule has 8 heteroatoms. The molecular formula is C27H23F3N2O3. The third-order valence-electron chi connectivity index (χ3n) is 6.91. The maximum atomic E-state index is 14.5. The number of amides is 2. The lowest BCUT2D eigenvalue weighted by Gasteiger charge is -2.32. The molecule has 1 aliphatic carbocycles. The molecule has 0 N–H and O–H groups in total. The highest BCUT2D eigenvalue weighted by Crippen LogP contribution is 2.51. The number of benzene rings is 3. The first kappa shape index (κ1) is 23.0. The topological polar surface area (TPSA) is 49.9 Å². The van der Waals surface area contributed by atoms with Crippen LogP contribution in [0.1, 0.15) is 30.0 Å². The summed E-state index contributed by atoms with van der Waals surface area (Å²) in [7, 11) is 1.53. The molecule has 5 rings (SSSR count). The van der Waals surface area contributed by atoms with E-state index in [1.165, 1.54) is 23.0 Å². The first-order chi connectivity index (χ1) is 16.7. The van der Waals surface area contributed by atoms with Gasteiger partial charge in [-0.25, -0.2) is 0 Å². The number of rotatable bonds is 3. The van der Waals surface area contributed by atoms with Crippen molar-refractivity contribution in [1.82, 2.24) is 0 Å². The number of methoxy groups -OCH3 is 1. The van der Waals surface area contributed by atoms with Gasteiger partial charge in [0.15, 0.2) is 5.41 Å². The first-order valence-electron chi connectivity index (χ1n) is 11.3. The predicted octanol–water partition coefficient (Wildman–Crippen LogP) is 5.63. The van der Waals surface area contributed by atoms with Gasteiger partial charge in [-0.2, -0.15) is 13.2 Å². The average molecular weight is 480 g/mol. The second-order valence-corrected chi connectivity index (χ2v) is 8.62. The van der Waals surface area contributed by atoms with Gasteiger partial charge in [0.1, 0.15) is 5.75 Å². The van der Waals surface area contributed by atoms with E-state index < -0.39 is 29.0 Å². The van der Waals surface area contributed by atoms with Crippen molar-refractivity contribution in [2.75, 3.05) is 23.5 Å². The van der Waals surface area contributed by atoms with E-state index in [4.69, 9.17) is 4.74 Å². The zero-order valence-corrected chi connectivity index (χ0v) is 19.2. The van der Waals surface area contributed by atoms with Crippen molar-refractivity contribution in [3.63, 3.8) is 0 Å². The van der Waals surface area contributed by atoms with Crippen LogP contribution in [0.4, 0.5) is 30.2 Å². The number of hydrogen-bond donors (Lipinski definition) is 0. The number of alkyl halides is 3. The molecule has 2 amide bonds. The third kappa shape index (κ3) is 3.31. The Morgan fingerprint density at radius 2 is 1.69 bits per heavy atom. The monoisotopic (exact) mass is 480 g/mol. The maximum Gasteiger partial charge on any atom is 0.416 e. The van der Waals surface area contributed by atoms with Gasteiger partial charge in [-0.15, -0.1) is 0 Å². The van der Waals surface area contributed by atoms with Crippen LogP contribution in [-0.2, 0) is 27.6 Å². The van der Waals surface area contributed by atoms with Gasteiger partial charge in [0, 0.05) is 12.2 Å². The zero-order chi connectivity index (χ0) is 25.0. The van der Waals surface area contributed by atoms with Gasteiger partial charge in [0.2, 0.25) is 5.91 Å². The van der Waals surface area contributed by atoms with Crippen LogP contribution >= 0.6 is 0 Å². The summed E-state index contributed by atoms with van der Waals surface area (Å²) in [6, 6.07) is 16.9. The number of para-hydroxylation sites is 1. The summed E-state index contributed by atoms with van der Waals surface area (Å²) in [5.41, 5.74) is -0.502. The summed E-state index contributed by atoms with van der Waals surface area (Å²) < 4.78 is 46.7. The van der Waals surface area contributed by atoms with Gasteiger partial charge in [0.05, 0.1) is 24.0 Å². The molecule has 1 heterocycles. The number of hydrogen-bond acceptors (Lipinski definition) is 3. The van der Waals surface area contributed by atoms with Crippen molar-refractivity contribution in [1.29, 1.82) is 0 Å². The number of nitrogens with zero attached hydrogens (tertiary/aromatic N) is 2. The molecule has 1 spiro atoms. The van der Waals surface area contributed by atoms with E-state index in [1.54, 1.807) is 55.5 Å². The molecule has 1 unspecified atom stereocenters. The Labute approximate surface area is 200 Å². The fourth-order valence-electron chi connectivity index (χ4n) is 5.29. The molecule has 35 heavy (non-hydrogen) atoms. The summed E-state index contributed by atoms with van der Waals surface area (Å²) in [6.45, 7) is 1.94. The molecule has 0 saturated carbocycles. The Balaban J connectivity index is 1.83. The molecule has 0 bridgehead atoms. The molecule has 2 aliphatic rings. The van der Waals surface area contributed by atoms with Crippen LogP contribution in [0.5, 0.6) is 5.75 Å². The minimum absolute atomic E-state index is 0.0273. The Morgan fingerprint density at radius 1 is 0.943 bits per heavy atom. The fraction of sp³-hybridized carbons (Fsp3) is 0.259. The van der Waals surface area contributed by atoms with Gasteiger partial charge in [0.25, 0.3) is 5.91 Å². The molecule has 0 radical (unpaired) electrons. The van der Waals surface area contributed by atoms with Crippen molar-refractivity contribution in [3.8, 4) is 5.75 Å². The predicted molar refractivity (Wildman–Crippen MR) is 126 cm³/mol. The van der Waals surface area contributed by atoms with Crippen LogP contribution in [0.2, 0.25) is 0 Å². The highest BCUT2D eigenvalue weighted by atomic mass is 19.4. The van der Waals surface area contributed by atoms with E-state index in [2.05, 4.69) is 0 Å².